The van der Waals surface area contributed by atoms with Crippen LogP contribution in [-0.4, -0.2) is 22.2 Å². The van der Waals surface area contributed by atoms with E-state index in [0.717, 1.165) is 11.3 Å². The molecular formula is C13H16N4O. The molecule has 94 valence electrons. The molecule has 0 bridgehead atoms. The average molecular weight is 244 g/mol. The molecule has 0 saturated carbocycles. The van der Waals surface area contributed by atoms with Crippen molar-refractivity contribution in [2.24, 2.45) is 7.05 Å². The summed E-state index contributed by atoms with van der Waals surface area (Å²) in [6.45, 7) is 2.50. The van der Waals surface area contributed by atoms with Crippen molar-refractivity contribution < 1.29 is 4.79 Å². The molecular weight excluding hydrogens is 228 g/mol. The van der Waals surface area contributed by atoms with E-state index in [4.69, 9.17) is 5.73 Å². The van der Waals surface area contributed by atoms with Crippen LogP contribution in [0.4, 0.5) is 5.69 Å². The molecule has 0 aliphatic heterocycles. The molecule has 1 heterocycles. The van der Waals surface area contributed by atoms with Crippen molar-refractivity contribution in [3.05, 3.63) is 36.0 Å². The summed E-state index contributed by atoms with van der Waals surface area (Å²) in [5.41, 5.74) is 8.80. The van der Waals surface area contributed by atoms with Crippen molar-refractivity contribution in [3.8, 4) is 11.3 Å². The number of aromatic nitrogens is 2. The van der Waals surface area contributed by atoms with E-state index < -0.39 is 0 Å². The number of hydrogen-bond acceptors (Lipinski definition) is 3. The van der Waals surface area contributed by atoms with Gasteiger partial charge in [-0.05, 0) is 19.1 Å². The molecule has 18 heavy (non-hydrogen) atoms. The summed E-state index contributed by atoms with van der Waals surface area (Å²) in [6, 6.07) is 7.35. The Balaban J connectivity index is 2.42. The maximum Gasteiger partial charge on any atom is 0.251 e. The standard InChI is InChI=1S/C13H16N4O/c1-3-15-13(18)10-6-4-5-9(7-10)12-11(14)8-16-17(12)2/h4-8H,3,14H2,1-2H3,(H,15,18). The predicted molar refractivity (Wildman–Crippen MR) is 71.1 cm³/mol. The van der Waals surface area contributed by atoms with Crippen LogP contribution in [0.3, 0.4) is 0 Å². The molecule has 0 unspecified atom stereocenters. The second-order valence-corrected chi connectivity index (χ2v) is 4.01. The number of carbonyl (C=O) groups is 1. The van der Waals surface area contributed by atoms with E-state index in [1.54, 1.807) is 16.9 Å². The van der Waals surface area contributed by atoms with Crippen LogP contribution < -0.4 is 11.1 Å². The van der Waals surface area contributed by atoms with Gasteiger partial charge in [0.2, 0.25) is 0 Å². The molecule has 1 aromatic heterocycles. The lowest BCUT2D eigenvalue weighted by molar-refractivity contribution is 0.0956. The van der Waals surface area contributed by atoms with Gasteiger partial charge in [-0.1, -0.05) is 12.1 Å². The normalized spacial score (nSPS) is 10.3. The van der Waals surface area contributed by atoms with E-state index in [1.165, 1.54) is 0 Å². The molecule has 0 radical (unpaired) electrons. The average Bonchev–Trinajstić information content (AvgIpc) is 2.69. The van der Waals surface area contributed by atoms with E-state index >= 15 is 0 Å². The van der Waals surface area contributed by atoms with Gasteiger partial charge in [-0.15, -0.1) is 0 Å². The van der Waals surface area contributed by atoms with Crippen LogP contribution in [-0.2, 0) is 7.05 Å². The number of amides is 1. The highest BCUT2D eigenvalue weighted by atomic mass is 16.1. The van der Waals surface area contributed by atoms with Crippen LogP contribution >= 0.6 is 0 Å². The Kier molecular flexibility index (Phi) is 3.32. The highest BCUT2D eigenvalue weighted by Gasteiger charge is 2.11. The van der Waals surface area contributed by atoms with E-state index in [2.05, 4.69) is 10.4 Å². The number of hydrogen-bond donors (Lipinski definition) is 2. The van der Waals surface area contributed by atoms with Crippen molar-refractivity contribution in [2.45, 2.75) is 6.92 Å². The molecule has 0 atom stereocenters. The maximum atomic E-state index is 11.8. The van der Waals surface area contributed by atoms with Gasteiger partial charge in [0.05, 0.1) is 17.6 Å². The van der Waals surface area contributed by atoms with Gasteiger partial charge in [0.15, 0.2) is 0 Å². The van der Waals surface area contributed by atoms with Crippen LogP contribution in [0.5, 0.6) is 0 Å². The van der Waals surface area contributed by atoms with Crippen molar-refractivity contribution in [2.75, 3.05) is 12.3 Å². The van der Waals surface area contributed by atoms with Crippen molar-refractivity contribution in [1.82, 2.24) is 15.1 Å². The highest BCUT2D eigenvalue weighted by Crippen LogP contribution is 2.25. The molecule has 5 heteroatoms. The van der Waals surface area contributed by atoms with Crippen LogP contribution in [0.2, 0.25) is 0 Å². The lowest BCUT2D eigenvalue weighted by atomic mass is 10.1. The minimum Gasteiger partial charge on any atom is -0.396 e. The quantitative estimate of drug-likeness (QED) is 0.857. The summed E-state index contributed by atoms with van der Waals surface area (Å²) in [5, 5.41) is 6.87. The molecule has 2 aromatic rings. The molecule has 5 nitrogen and oxygen atoms in total. The van der Waals surface area contributed by atoms with Gasteiger partial charge in [-0.2, -0.15) is 5.10 Å². The van der Waals surface area contributed by atoms with Crippen LogP contribution in [0.1, 0.15) is 17.3 Å². The molecule has 3 N–H and O–H groups in total. The number of anilines is 1. The molecule has 0 fully saturated rings. The Morgan fingerprint density at radius 1 is 1.50 bits per heavy atom. The minimum absolute atomic E-state index is 0.0833. The Labute approximate surface area is 106 Å². The lowest BCUT2D eigenvalue weighted by Crippen LogP contribution is -2.22. The Bertz CT molecular complexity index is 555. The zero-order valence-electron chi connectivity index (χ0n) is 10.5. The van der Waals surface area contributed by atoms with Gasteiger partial charge in [-0.25, -0.2) is 0 Å². The van der Waals surface area contributed by atoms with Crippen LogP contribution in [0.15, 0.2) is 30.5 Å². The fraction of sp³-hybridized carbons (Fsp3) is 0.231. The zero-order valence-corrected chi connectivity index (χ0v) is 10.5. The number of nitrogens with two attached hydrogens (primary N) is 1. The van der Waals surface area contributed by atoms with E-state index in [-0.39, 0.29) is 5.91 Å². The fourth-order valence-electron chi connectivity index (χ4n) is 1.88. The number of nitrogen functional groups attached to an aromatic ring is 1. The third-order valence-corrected chi connectivity index (χ3v) is 2.70. The fourth-order valence-corrected chi connectivity index (χ4v) is 1.88. The summed E-state index contributed by atoms with van der Waals surface area (Å²) in [5.74, 6) is -0.0833. The van der Waals surface area contributed by atoms with Crippen molar-refractivity contribution in [1.29, 1.82) is 0 Å². The monoisotopic (exact) mass is 244 g/mol. The zero-order chi connectivity index (χ0) is 13.1. The van der Waals surface area contributed by atoms with Gasteiger partial charge in [-0.3, -0.25) is 9.48 Å². The Hall–Kier alpha value is -2.30. The van der Waals surface area contributed by atoms with Gasteiger partial charge in [0.1, 0.15) is 0 Å². The van der Waals surface area contributed by atoms with Gasteiger partial charge >= 0.3 is 0 Å². The molecule has 1 aromatic carbocycles. The third-order valence-electron chi connectivity index (χ3n) is 2.70. The SMILES string of the molecule is CCNC(=O)c1cccc(-c2c(N)cnn2C)c1. The molecule has 0 saturated heterocycles. The number of aryl methyl sites for hydroxylation is 1. The first-order valence-electron chi connectivity index (χ1n) is 5.79. The van der Waals surface area contributed by atoms with Crippen LogP contribution in [0, 0.1) is 0 Å². The van der Waals surface area contributed by atoms with Crippen molar-refractivity contribution in [3.63, 3.8) is 0 Å². The number of rotatable bonds is 3. The first-order valence-corrected chi connectivity index (χ1v) is 5.79. The molecule has 2 rings (SSSR count). The maximum absolute atomic E-state index is 11.8. The summed E-state index contributed by atoms with van der Waals surface area (Å²) in [6.07, 6.45) is 1.61. The molecule has 0 aliphatic carbocycles. The first-order chi connectivity index (χ1) is 8.63. The number of nitrogens with one attached hydrogen (secondary N) is 1. The summed E-state index contributed by atoms with van der Waals surface area (Å²) in [7, 11) is 1.82. The predicted octanol–water partition coefficient (Wildman–Crippen LogP) is 1.42. The topological polar surface area (TPSA) is 72.9 Å². The highest BCUT2D eigenvalue weighted by molar-refractivity contribution is 5.95. The molecule has 0 aliphatic rings. The summed E-state index contributed by atoms with van der Waals surface area (Å²) < 4.78 is 1.70. The molecule has 1 amide bonds. The van der Waals surface area contributed by atoms with E-state index in [9.17, 15) is 4.79 Å². The third kappa shape index (κ3) is 2.20. The largest absolute Gasteiger partial charge is 0.396 e. The Morgan fingerprint density at radius 3 is 2.89 bits per heavy atom. The summed E-state index contributed by atoms with van der Waals surface area (Å²) >= 11 is 0. The van der Waals surface area contributed by atoms with Gasteiger partial charge in [0.25, 0.3) is 5.91 Å². The Morgan fingerprint density at radius 2 is 2.28 bits per heavy atom. The van der Waals surface area contributed by atoms with Gasteiger partial charge < -0.3 is 11.1 Å². The van der Waals surface area contributed by atoms with E-state index in [0.29, 0.717) is 17.8 Å². The minimum atomic E-state index is -0.0833. The van der Waals surface area contributed by atoms with E-state index in [1.807, 2.05) is 32.2 Å². The van der Waals surface area contributed by atoms with Gasteiger partial charge in [0, 0.05) is 24.7 Å². The smallest absolute Gasteiger partial charge is 0.251 e. The number of nitrogens with zero attached hydrogens (tertiary/aromatic N) is 2. The number of carbonyl (C=O) groups excluding carboxylic acids is 1. The second kappa shape index (κ2) is 4.91. The molecule has 0 spiro atoms. The second-order valence-electron chi connectivity index (χ2n) is 4.01. The van der Waals surface area contributed by atoms with Crippen molar-refractivity contribution >= 4 is 11.6 Å². The lowest BCUT2D eigenvalue weighted by Gasteiger charge is -2.07. The number of benzene rings is 1. The summed E-state index contributed by atoms with van der Waals surface area (Å²) in [4.78, 5) is 11.8. The first kappa shape index (κ1) is 12.2. The van der Waals surface area contributed by atoms with Crippen LogP contribution in [0.25, 0.3) is 11.3 Å².